The second-order valence-electron chi connectivity index (χ2n) is 9.27. The number of piperazine rings is 1. The third-order valence-electron chi connectivity index (χ3n) is 5.79. The standard InChI is InChI=1S/C24H34N4O3/c1-17-14-26(15-18(2)27(17)16-19-10-8-7-9-11-19)20-12-21(22(31-6)25-13-20)28(23(29)30)24(3,4)5/h7-13,17-18H,14-16H2,1-6H3,(H,29,30)/t17-,18+. The van der Waals surface area contributed by atoms with Crippen molar-refractivity contribution in [2.45, 2.75) is 58.8 Å². The Bertz CT molecular complexity index is 885. The second kappa shape index (κ2) is 9.14. The quantitative estimate of drug-likeness (QED) is 0.761. The molecule has 1 aliphatic rings. The summed E-state index contributed by atoms with van der Waals surface area (Å²) in [6.45, 7) is 12.7. The molecule has 0 bridgehead atoms. The summed E-state index contributed by atoms with van der Waals surface area (Å²) < 4.78 is 5.40. The molecular weight excluding hydrogens is 392 g/mol. The molecule has 2 heterocycles. The van der Waals surface area contributed by atoms with Crippen LogP contribution in [0.2, 0.25) is 0 Å². The molecule has 1 saturated heterocycles. The van der Waals surface area contributed by atoms with Crippen molar-refractivity contribution in [3.8, 4) is 5.88 Å². The highest BCUT2D eigenvalue weighted by atomic mass is 16.5. The zero-order valence-electron chi connectivity index (χ0n) is 19.4. The van der Waals surface area contributed by atoms with Gasteiger partial charge in [0, 0.05) is 37.3 Å². The normalized spacial score (nSPS) is 19.9. The van der Waals surface area contributed by atoms with Crippen molar-refractivity contribution in [1.29, 1.82) is 0 Å². The third-order valence-corrected chi connectivity index (χ3v) is 5.79. The van der Waals surface area contributed by atoms with Crippen molar-refractivity contribution >= 4 is 17.5 Å². The number of methoxy groups -OCH3 is 1. The molecule has 168 valence electrons. The largest absolute Gasteiger partial charge is 0.480 e. The molecule has 2 atom stereocenters. The number of carbonyl (C=O) groups is 1. The summed E-state index contributed by atoms with van der Waals surface area (Å²) >= 11 is 0. The smallest absolute Gasteiger partial charge is 0.412 e. The summed E-state index contributed by atoms with van der Waals surface area (Å²) in [4.78, 5) is 22.6. The van der Waals surface area contributed by atoms with E-state index in [1.54, 1.807) is 6.20 Å². The number of benzene rings is 1. The van der Waals surface area contributed by atoms with Crippen LogP contribution in [0.5, 0.6) is 5.88 Å². The molecule has 1 amide bonds. The lowest BCUT2D eigenvalue weighted by Crippen LogP contribution is -2.56. The third kappa shape index (κ3) is 5.10. The van der Waals surface area contributed by atoms with Crippen LogP contribution in [0.25, 0.3) is 0 Å². The molecule has 1 aliphatic heterocycles. The van der Waals surface area contributed by atoms with E-state index >= 15 is 0 Å². The predicted octanol–water partition coefficient (Wildman–Crippen LogP) is 4.47. The molecule has 1 fully saturated rings. The molecule has 31 heavy (non-hydrogen) atoms. The van der Waals surface area contributed by atoms with Gasteiger partial charge < -0.3 is 14.7 Å². The Kier molecular flexibility index (Phi) is 6.74. The van der Waals surface area contributed by atoms with Crippen molar-refractivity contribution in [2.24, 2.45) is 0 Å². The summed E-state index contributed by atoms with van der Waals surface area (Å²) in [7, 11) is 1.51. The molecule has 0 unspecified atom stereocenters. The van der Waals surface area contributed by atoms with E-state index in [0.717, 1.165) is 25.3 Å². The second-order valence-corrected chi connectivity index (χ2v) is 9.27. The van der Waals surface area contributed by atoms with Crippen molar-refractivity contribution in [1.82, 2.24) is 9.88 Å². The fourth-order valence-corrected chi connectivity index (χ4v) is 4.35. The number of nitrogens with zero attached hydrogens (tertiary/aromatic N) is 4. The molecule has 2 aromatic rings. The number of hydrogen-bond acceptors (Lipinski definition) is 5. The van der Waals surface area contributed by atoms with Crippen molar-refractivity contribution in [2.75, 3.05) is 30.0 Å². The van der Waals surface area contributed by atoms with E-state index in [2.05, 4.69) is 52.9 Å². The monoisotopic (exact) mass is 426 g/mol. The predicted molar refractivity (Wildman–Crippen MR) is 124 cm³/mol. The van der Waals surface area contributed by atoms with Gasteiger partial charge in [0.25, 0.3) is 0 Å². The highest BCUT2D eigenvalue weighted by Gasteiger charge is 2.33. The number of pyridine rings is 1. The zero-order valence-corrected chi connectivity index (χ0v) is 19.4. The lowest BCUT2D eigenvalue weighted by atomic mass is 10.0. The van der Waals surface area contributed by atoms with E-state index in [1.807, 2.05) is 32.9 Å². The van der Waals surface area contributed by atoms with E-state index in [1.165, 1.54) is 17.6 Å². The fourth-order valence-electron chi connectivity index (χ4n) is 4.35. The number of hydrogen-bond donors (Lipinski definition) is 1. The topological polar surface area (TPSA) is 69.1 Å². The lowest BCUT2D eigenvalue weighted by Gasteiger charge is -2.45. The van der Waals surface area contributed by atoms with Crippen LogP contribution in [-0.4, -0.2) is 58.9 Å². The Morgan fingerprint density at radius 1 is 1.19 bits per heavy atom. The molecule has 0 aliphatic carbocycles. The Balaban J connectivity index is 1.86. The number of aromatic nitrogens is 1. The van der Waals surface area contributed by atoms with Crippen LogP contribution in [-0.2, 0) is 6.54 Å². The van der Waals surface area contributed by atoms with Crippen LogP contribution in [0, 0.1) is 0 Å². The van der Waals surface area contributed by atoms with Gasteiger partial charge in [-0.05, 0) is 46.2 Å². The molecule has 1 aromatic heterocycles. The minimum absolute atomic E-state index is 0.310. The molecule has 7 nitrogen and oxygen atoms in total. The Hall–Kier alpha value is -2.80. The average molecular weight is 427 g/mol. The van der Waals surface area contributed by atoms with Gasteiger partial charge in [0.1, 0.15) is 5.69 Å². The first kappa shape index (κ1) is 22.9. The van der Waals surface area contributed by atoms with Crippen LogP contribution in [0.3, 0.4) is 0 Å². The van der Waals surface area contributed by atoms with Gasteiger partial charge in [-0.2, -0.15) is 0 Å². The first-order valence-electron chi connectivity index (χ1n) is 10.7. The first-order chi connectivity index (χ1) is 14.6. The maximum atomic E-state index is 12.0. The van der Waals surface area contributed by atoms with Crippen LogP contribution < -0.4 is 14.5 Å². The van der Waals surface area contributed by atoms with Gasteiger partial charge in [-0.3, -0.25) is 9.80 Å². The minimum Gasteiger partial charge on any atom is -0.480 e. The molecule has 1 N–H and O–H groups in total. The van der Waals surface area contributed by atoms with Gasteiger partial charge in [0.05, 0.1) is 19.0 Å². The Morgan fingerprint density at radius 2 is 1.81 bits per heavy atom. The fraction of sp³-hybridized carbons (Fsp3) is 0.500. The molecule has 3 rings (SSSR count). The average Bonchev–Trinajstić information content (AvgIpc) is 2.70. The maximum absolute atomic E-state index is 12.0. The molecular formula is C24H34N4O3. The maximum Gasteiger partial charge on any atom is 0.412 e. The molecule has 0 saturated carbocycles. The highest BCUT2D eigenvalue weighted by Crippen LogP contribution is 2.35. The number of amides is 1. The highest BCUT2D eigenvalue weighted by molar-refractivity contribution is 5.90. The molecule has 0 spiro atoms. The van der Waals surface area contributed by atoms with E-state index in [4.69, 9.17) is 4.74 Å². The van der Waals surface area contributed by atoms with E-state index in [9.17, 15) is 9.90 Å². The summed E-state index contributed by atoms with van der Waals surface area (Å²) in [5.41, 5.74) is 2.05. The summed E-state index contributed by atoms with van der Waals surface area (Å²) in [6, 6.07) is 13.1. The number of carboxylic acid groups (broad SMARTS) is 1. The van der Waals surface area contributed by atoms with Gasteiger partial charge in [0.2, 0.25) is 5.88 Å². The van der Waals surface area contributed by atoms with Gasteiger partial charge in [0.15, 0.2) is 0 Å². The van der Waals surface area contributed by atoms with Crippen molar-refractivity contribution in [3.05, 3.63) is 48.2 Å². The van der Waals surface area contributed by atoms with Gasteiger partial charge in [-0.1, -0.05) is 30.3 Å². The van der Waals surface area contributed by atoms with Gasteiger partial charge >= 0.3 is 6.09 Å². The first-order valence-corrected chi connectivity index (χ1v) is 10.7. The van der Waals surface area contributed by atoms with E-state index in [0.29, 0.717) is 23.7 Å². The minimum atomic E-state index is -1.03. The van der Waals surface area contributed by atoms with Gasteiger partial charge in [-0.15, -0.1) is 0 Å². The van der Waals surface area contributed by atoms with Gasteiger partial charge in [-0.25, -0.2) is 9.78 Å². The number of rotatable bonds is 5. The Labute approximate surface area is 185 Å². The van der Waals surface area contributed by atoms with Crippen LogP contribution in [0.1, 0.15) is 40.2 Å². The number of anilines is 2. The number of ether oxygens (including phenoxy) is 1. The van der Waals surface area contributed by atoms with Crippen LogP contribution >= 0.6 is 0 Å². The Morgan fingerprint density at radius 3 is 2.32 bits per heavy atom. The summed E-state index contributed by atoms with van der Waals surface area (Å²) in [5.74, 6) is 0.310. The van der Waals surface area contributed by atoms with Crippen LogP contribution in [0.15, 0.2) is 42.6 Å². The van der Waals surface area contributed by atoms with Crippen LogP contribution in [0.4, 0.5) is 16.2 Å². The molecule has 7 heteroatoms. The van der Waals surface area contributed by atoms with Crippen molar-refractivity contribution in [3.63, 3.8) is 0 Å². The van der Waals surface area contributed by atoms with E-state index in [-0.39, 0.29) is 0 Å². The zero-order chi connectivity index (χ0) is 22.8. The van der Waals surface area contributed by atoms with E-state index < -0.39 is 11.6 Å². The SMILES string of the molecule is COc1ncc(N2C[C@@H](C)N(Cc3ccccc3)[C@@H](C)C2)cc1N(C(=O)O)C(C)(C)C. The summed E-state index contributed by atoms with van der Waals surface area (Å²) in [6.07, 6.45) is 0.747. The molecule has 0 radical (unpaired) electrons. The summed E-state index contributed by atoms with van der Waals surface area (Å²) in [5, 5.41) is 9.86. The van der Waals surface area contributed by atoms with Crippen molar-refractivity contribution < 1.29 is 14.6 Å². The lowest BCUT2D eigenvalue weighted by molar-refractivity contribution is 0.123. The molecule has 1 aromatic carbocycles.